The molecule has 0 unspecified atom stereocenters. The maximum Gasteiger partial charge on any atom is 0.318 e. The van der Waals surface area contributed by atoms with Crippen LogP contribution in [0.5, 0.6) is 11.8 Å². The molecule has 0 N–H and O–H groups in total. The van der Waals surface area contributed by atoms with Crippen molar-refractivity contribution in [2.75, 3.05) is 7.11 Å². The van der Waals surface area contributed by atoms with Gasteiger partial charge in [0, 0.05) is 11.5 Å². The van der Waals surface area contributed by atoms with Crippen LogP contribution >= 0.6 is 11.6 Å². The molecule has 0 amide bonds. The minimum atomic E-state index is 0.243. The topological polar surface area (TPSA) is 44.2 Å². The minimum Gasteiger partial charge on any atom is -0.489 e. The standard InChI is InChI=1S/C16H13ClN2O2/c1-20-16-18-14-9-12(7-8-13(14)15(17)19-16)21-10-11-5-3-2-4-6-11/h2-9H,10H2,1H3. The van der Waals surface area contributed by atoms with Crippen molar-refractivity contribution >= 4 is 22.5 Å². The van der Waals surface area contributed by atoms with Crippen molar-refractivity contribution in [1.29, 1.82) is 0 Å². The molecule has 0 atom stereocenters. The Labute approximate surface area is 127 Å². The van der Waals surface area contributed by atoms with Crippen molar-refractivity contribution in [3.05, 3.63) is 59.2 Å². The van der Waals surface area contributed by atoms with Gasteiger partial charge in [-0.05, 0) is 17.7 Å². The van der Waals surface area contributed by atoms with Gasteiger partial charge in [0.05, 0.1) is 12.6 Å². The Kier molecular flexibility index (Phi) is 3.88. The van der Waals surface area contributed by atoms with Crippen molar-refractivity contribution in [3.63, 3.8) is 0 Å². The third-order valence-electron chi connectivity index (χ3n) is 3.03. The number of hydrogen-bond acceptors (Lipinski definition) is 4. The molecule has 0 fully saturated rings. The summed E-state index contributed by atoms with van der Waals surface area (Å²) < 4.78 is 10.8. The second kappa shape index (κ2) is 5.97. The molecule has 0 saturated carbocycles. The summed E-state index contributed by atoms with van der Waals surface area (Å²) in [5.74, 6) is 0.725. The van der Waals surface area contributed by atoms with Gasteiger partial charge in [0.15, 0.2) is 0 Å². The van der Waals surface area contributed by atoms with Crippen LogP contribution in [-0.4, -0.2) is 17.1 Å². The van der Waals surface area contributed by atoms with Gasteiger partial charge in [-0.25, -0.2) is 0 Å². The first-order valence-corrected chi connectivity index (χ1v) is 6.82. The largest absolute Gasteiger partial charge is 0.489 e. The Morgan fingerprint density at radius 3 is 2.62 bits per heavy atom. The molecule has 2 aromatic carbocycles. The van der Waals surface area contributed by atoms with Crippen molar-refractivity contribution < 1.29 is 9.47 Å². The highest BCUT2D eigenvalue weighted by Crippen LogP contribution is 2.26. The number of methoxy groups -OCH3 is 1. The fourth-order valence-electron chi connectivity index (χ4n) is 1.97. The number of halogens is 1. The minimum absolute atomic E-state index is 0.243. The summed E-state index contributed by atoms with van der Waals surface area (Å²) in [6.07, 6.45) is 0. The van der Waals surface area contributed by atoms with Gasteiger partial charge in [-0.1, -0.05) is 41.9 Å². The Balaban J connectivity index is 1.86. The zero-order valence-corrected chi connectivity index (χ0v) is 12.2. The van der Waals surface area contributed by atoms with E-state index in [1.54, 1.807) is 0 Å². The zero-order chi connectivity index (χ0) is 14.7. The number of rotatable bonds is 4. The van der Waals surface area contributed by atoms with E-state index in [1.807, 2.05) is 48.5 Å². The third-order valence-corrected chi connectivity index (χ3v) is 3.32. The second-order valence-electron chi connectivity index (χ2n) is 4.45. The maximum absolute atomic E-state index is 6.09. The number of benzene rings is 2. The monoisotopic (exact) mass is 300 g/mol. The summed E-state index contributed by atoms with van der Waals surface area (Å²) >= 11 is 6.09. The molecule has 0 radical (unpaired) electrons. The quantitative estimate of drug-likeness (QED) is 0.686. The van der Waals surface area contributed by atoms with Gasteiger partial charge in [-0.3, -0.25) is 0 Å². The van der Waals surface area contributed by atoms with Crippen molar-refractivity contribution in [1.82, 2.24) is 9.97 Å². The molecule has 3 aromatic rings. The van der Waals surface area contributed by atoms with E-state index in [2.05, 4.69) is 9.97 Å². The first-order chi connectivity index (χ1) is 10.3. The molecule has 4 nitrogen and oxygen atoms in total. The molecule has 0 aliphatic rings. The molecule has 106 valence electrons. The van der Waals surface area contributed by atoms with E-state index in [9.17, 15) is 0 Å². The van der Waals surface area contributed by atoms with E-state index in [-0.39, 0.29) is 6.01 Å². The van der Waals surface area contributed by atoms with Crippen LogP contribution in [0.25, 0.3) is 10.9 Å². The van der Waals surface area contributed by atoms with Crippen LogP contribution in [0.1, 0.15) is 5.56 Å². The number of aromatic nitrogens is 2. The predicted molar refractivity (Wildman–Crippen MR) is 81.9 cm³/mol. The summed E-state index contributed by atoms with van der Waals surface area (Å²) in [6, 6.07) is 15.7. The van der Waals surface area contributed by atoms with Gasteiger partial charge in [-0.2, -0.15) is 9.97 Å². The van der Waals surface area contributed by atoms with Crippen molar-refractivity contribution in [2.45, 2.75) is 6.61 Å². The van der Waals surface area contributed by atoms with E-state index in [1.165, 1.54) is 7.11 Å². The molecule has 0 aliphatic carbocycles. The number of ether oxygens (including phenoxy) is 2. The summed E-state index contributed by atoms with van der Waals surface area (Å²) in [5.41, 5.74) is 1.80. The summed E-state index contributed by atoms with van der Waals surface area (Å²) in [4.78, 5) is 8.31. The van der Waals surface area contributed by atoms with Gasteiger partial charge in [0.25, 0.3) is 0 Å². The van der Waals surface area contributed by atoms with Crippen LogP contribution in [0, 0.1) is 0 Å². The fraction of sp³-hybridized carbons (Fsp3) is 0.125. The van der Waals surface area contributed by atoms with Crippen LogP contribution in [0.3, 0.4) is 0 Å². The van der Waals surface area contributed by atoms with Gasteiger partial charge in [-0.15, -0.1) is 0 Å². The summed E-state index contributed by atoms with van der Waals surface area (Å²) in [7, 11) is 1.51. The number of fused-ring (bicyclic) bond motifs is 1. The smallest absolute Gasteiger partial charge is 0.318 e. The van der Waals surface area contributed by atoms with Crippen LogP contribution in [0.15, 0.2) is 48.5 Å². The lowest BCUT2D eigenvalue weighted by molar-refractivity contribution is 0.306. The molecule has 3 rings (SSSR count). The number of hydrogen-bond donors (Lipinski definition) is 0. The highest BCUT2D eigenvalue weighted by molar-refractivity contribution is 6.34. The SMILES string of the molecule is COc1nc(Cl)c2ccc(OCc3ccccc3)cc2n1. The van der Waals surface area contributed by atoms with Gasteiger partial charge in [0.1, 0.15) is 17.5 Å². The molecule has 1 heterocycles. The first-order valence-electron chi connectivity index (χ1n) is 6.44. The maximum atomic E-state index is 6.09. The molecular weight excluding hydrogens is 288 g/mol. The van der Waals surface area contributed by atoms with E-state index < -0.39 is 0 Å². The number of nitrogens with zero attached hydrogens (tertiary/aromatic N) is 2. The summed E-state index contributed by atoms with van der Waals surface area (Å²) in [5, 5.41) is 1.14. The Morgan fingerprint density at radius 2 is 1.86 bits per heavy atom. The normalized spacial score (nSPS) is 10.6. The highest BCUT2D eigenvalue weighted by atomic mass is 35.5. The predicted octanol–water partition coefficient (Wildman–Crippen LogP) is 3.87. The van der Waals surface area contributed by atoms with Crippen LogP contribution in [0.2, 0.25) is 5.15 Å². The zero-order valence-electron chi connectivity index (χ0n) is 11.4. The van der Waals surface area contributed by atoms with E-state index >= 15 is 0 Å². The van der Waals surface area contributed by atoms with Crippen molar-refractivity contribution in [3.8, 4) is 11.8 Å². The van der Waals surface area contributed by atoms with Crippen LogP contribution in [0.4, 0.5) is 0 Å². The Hall–Kier alpha value is -2.33. The van der Waals surface area contributed by atoms with Gasteiger partial charge >= 0.3 is 6.01 Å². The lowest BCUT2D eigenvalue weighted by Gasteiger charge is -2.08. The molecule has 1 aromatic heterocycles. The highest BCUT2D eigenvalue weighted by Gasteiger charge is 2.07. The Bertz CT molecular complexity index is 763. The molecule has 0 spiro atoms. The average Bonchev–Trinajstić information content (AvgIpc) is 2.53. The van der Waals surface area contributed by atoms with Crippen LogP contribution in [-0.2, 0) is 6.61 Å². The van der Waals surface area contributed by atoms with E-state index in [0.29, 0.717) is 17.3 Å². The lowest BCUT2D eigenvalue weighted by atomic mass is 10.2. The molecule has 21 heavy (non-hydrogen) atoms. The van der Waals surface area contributed by atoms with E-state index in [4.69, 9.17) is 21.1 Å². The Morgan fingerprint density at radius 1 is 1.05 bits per heavy atom. The molecule has 0 bridgehead atoms. The third kappa shape index (κ3) is 3.06. The molecule has 0 saturated heterocycles. The lowest BCUT2D eigenvalue weighted by Crippen LogP contribution is -1.96. The average molecular weight is 301 g/mol. The molecule has 5 heteroatoms. The van der Waals surface area contributed by atoms with Gasteiger partial charge in [0.2, 0.25) is 0 Å². The molecular formula is C16H13ClN2O2. The molecule has 0 aliphatic heterocycles. The second-order valence-corrected chi connectivity index (χ2v) is 4.81. The summed E-state index contributed by atoms with van der Waals surface area (Å²) in [6.45, 7) is 0.502. The van der Waals surface area contributed by atoms with Gasteiger partial charge < -0.3 is 9.47 Å². The van der Waals surface area contributed by atoms with Crippen molar-refractivity contribution in [2.24, 2.45) is 0 Å². The van der Waals surface area contributed by atoms with E-state index in [0.717, 1.165) is 16.7 Å². The first kappa shape index (κ1) is 13.6. The van der Waals surface area contributed by atoms with Crippen LogP contribution < -0.4 is 9.47 Å². The fourth-order valence-corrected chi connectivity index (χ4v) is 2.20.